The fraction of sp³-hybridized carbons (Fsp3) is 0.182. The second-order valence-corrected chi connectivity index (χ2v) is 7.10. The van der Waals surface area contributed by atoms with E-state index in [0.717, 1.165) is 11.3 Å². The highest BCUT2D eigenvalue weighted by atomic mass is 35.5. The first-order chi connectivity index (χ1) is 15.1. The first-order valence-electron chi connectivity index (χ1n) is 9.67. The number of carbonyl (C=O) groups is 1. The Balaban J connectivity index is 1.46. The van der Waals surface area contributed by atoms with Crippen LogP contribution in [0.5, 0.6) is 5.88 Å². The monoisotopic (exact) mass is 437 g/mol. The molecule has 4 rings (SSSR count). The molecule has 0 fully saturated rings. The van der Waals surface area contributed by atoms with Crippen LogP contribution in [0.4, 0.5) is 0 Å². The maximum absolute atomic E-state index is 12.8. The highest BCUT2D eigenvalue weighted by Gasteiger charge is 2.18. The molecule has 8 nitrogen and oxygen atoms in total. The summed E-state index contributed by atoms with van der Waals surface area (Å²) in [5.74, 6) is 2.03. The second kappa shape index (κ2) is 9.01. The van der Waals surface area contributed by atoms with Crippen LogP contribution in [0, 0.1) is 0 Å². The molecule has 0 unspecified atom stereocenters. The van der Waals surface area contributed by atoms with Crippen LogP contribution in [-0.4, -0.2) is 33.0 Å². The molecule has 4 aromatic rings. The summed E-state index contributed by atoms with van der Waals surface area (Å²) >= 11 is 5.93. The average Bonchev–Trinajstić information content (AvgIpc) is 3.45. The predicted octanol–water partition coefficient (Wildman–Crippen LogP) is 4.08. The van der Waals surface area contributed by atoms with Crippen LogP contribution in [0.15, 0.2) is 59.1 Å². The molecule has 158 valence electrons. The molecule has 0 radical (unpaired) electrons. The van der Waals surface area contributed by atoms with Gasteiger partial charge in [0.1, 0.15) is 11.5 Å². The van der Waals surface area contributed by atoms with E-state index in [-0.39, 0.29) is 12.5 Å². The fourth-order valence-electron chi connectivity index (χ4n) is 3.14. The minimum atomic E-state index is -0.242. The van der Waals surface area contributed by atoms with E-state index < -0.39 is 0 Å². The molecule has 1 aromatic carbocycles. The zero-order valence-corrected chi connectivity index (χ0v) is 17.8. The topological polar surface area (TPSA) is 95.1 Å². The van der Waals surface area contributed by atoms with Gasteiger partial charge in [-0.1, -0.05) is 18.5 Å². The second-order valence-electron chi connectivity index (χ2n) is 6.66. The molecule has 0 atom stereocenters. The highest BCUT2D eigenvalue weighted by molar-refractivity contribution is 6.30. The van der Waals surface area contributed by atoms with E-state index in [1.807, 2.05) is 31.2 Å². The molecular formula is C22H20ClN5O3. The van der Waals surface area contributed by atoms with E-state index in [9.17, 15) is 4.79 Å². The third-order valence-electron chi connectivity index (χ3n) is 4.71. The van der Waals surface area contributed by atoms with Gasteiger partial charge in [0.05, 0.1) is 31.1 Å². The molecule has 0 aliphatic heterocycles. The molecule has 0 aliphatic carbocycles. The lowest BCUT2D eigenvalue weighted by Gasteiger charge is -2.07. The van der Waals surface area contributed by atoms with Crippen molar-refractivity contribution in [2.24, 2.45) is 0 Å². The number of aromatic nitrogens is 4. The Hall–Kier alpha value is -3.65. The molecule has 0 bridgehead atoms. The molecule has 3 aromatic heterocycles. The van der Waals surface area contributed by atoms with Crippen LogP contribution in [0.1, 0.15) is 28.7 Å². The summed E-state index contributed by atoms with van der Waals surface area (Å²) in [7, 11) is 1.52. The zero-order chi connectivity index (χ0) is 21.8. The summed E-state index contributed by atoms with van der Waals surface area (Å²) in [6, 6.07) is 14.5. The number of nitrogens with one attached hydrogen (secondary N) is 1. The van der Waals surface area contributed by atoms with Crippen molar-refractivity contribution in [3.05, 3.63) is 76.8 Å². The Morgan fingerprint density at radius 1 is 1.13 bits per heavy atom. The van der Waals surface area contributed by atoms with E-state index in [4.69, 9.17) is 20.8 Å². The van der Waals surface area contributed by atoms with Crippen molar-refractivity contribution in [1.29, 1.82) is 0 Å². The first kappa shape index (κ1) is 20.6. The number of nitrogens with zero attached hydrogens (tertiary/aromatic N) is 4. The van der Waals surface area contributed by atoms with Gasteiger partial charge >= 0.3 is 0 Å². The van der Waals surface area contributed by atoms with Crippen LogP contribution in [0.2, 0.25) is 5.02 Å². The third-order valence-corrected chi connectivity index (χ3v) is 4.97. The van der Waals surface area contributed by atoms with E-state index in [1.165, 1.54) is 13.3 Å². The summed E-state index contributed by atoms with van der Waals surface area (Å²) in [6.07, 6.45) is 2.12. The van der Waals surface area contributed by atoms with Crippen LogP contribution < -0.4 is 10.1 Å². The first-order valence-corrected chi connectivity index (χ1v) is 10.0. The molecule has 9 heteroatoms. The number of hydrogen-bond donors (Lipinski definition) is 1. The van der Waals surface area contributed by atoms with Gasteiger partial charge in [-0.05, 0) is 48.9 Å². The minimum absolute atomic E-state index is 0.242. The lowest BCUT2D eigenvalue weighted by molar-refractivity contribution is 0.0947. The van der Waals surface area contributed by atoms with Gasteiger partial charge in [0.2, 0.25) is 5.88 Å². The Labute approximate surface area is 183 Å². The number of methoxy groups -OCH3 is 1. The van der Waals surface area contributed by atoms with E-state index in [0.29, 0.717) is 40.2 Å². The molecule has 0 saturated carbocycles. The van der Waals surface area contributed by atoms with Crippen molar-refractivity contribution in [3.8, 4) is 23.0 Å². The van der Waals surface area contributed by atoms with Crippen LogP contribution in [0.25, 0.3) is 17.1 Å². The van der Waals surface area contributed by atoms with E-state index in [1.54, 1.807) is 28.9 Å². The quantitative estimate of drug-likeness (QED) is 0.468. The Morgan fingerprint density at radius 3 is 2.61 bits per heavy atom. The van der Waals surface area contributed by atoms with Gasteiger partial charge < -0.3 is 14.5 Å². The van der Waals surface area contributed by atoms with Gasteiger partial charge in [0.25, 0.3) is 5.91 Å². The maximum atomic E-state index is 12.8. The van der Waals surface area contributed by atoms with Crippen molar-refractivity contribution >= 4 is 17.5 Å². The average molecular weight is 438 g/mol. The Bertz CT molecular complexity index is 1180. The number of furan rings is 1. The predicted molar refractivity (Wildman–Crippen MR) is 115 cm³/mol. The zero-order valence-electron chi connectivity index (χ0n) is 17.0. The Morgan fingerprint density at radius 2 is 1.94 bits per heavy atom. The van der Waals surface area contributed by atoms with Gasteiger partial charge in [-0.3, -0.25) is 4.79 Å². The molecule has 0 saturated heterocycles. The highest BCUT2D eigenvalue weighted by Crippen LogP contribution is 2.24. The number of benzene rings is 1. The van der Waals surface area contributed by atoms with Crippen molar-refractivity contribution in [1.82, 2.24) is 25.3 Å². The van der Waals surface area contributed by atoms with Crippen molar-refractivity contribution in [2.45, 2.75) is 19.9 Å². The molecule has 0 aliphatic rings. The molecule has 0 spiro atoms. The lowest BCUT2D eigenvalue weighted by Crippen LogP contribution is -2.23. The normalized spacial score (nSPS) is 10.8. The van der Waals surface area contributed by atoms with Gasteiger partial charge in [0.15, 0.2) is 5.82 Å². The van der Waals surface area contributed by atoms with Crippen LogP contribution in [-0.2, 0) is 13.0 Å². The number of amides is 1. The van der Waals surface area contributed by atoms with Gasteiger partial charge in [-0.25, -0.2) is 4.68 Å². The third kappa shape index (κ3) is 4.44. The van der Waals surface area contributed by atoms with Gasteiger partial charge in [-0.2, -0.15) is 5.10 Å². The number of rotatable bonds is 7. The summed E-state index contributed by atoms with van der Waals surface area (Å²) < 4.78 is 12.5. The van der Waals surface area contributed by atoms with Crippen LogP contribution in [0.3, 0.4) is 0 Å². The summed E-state index contributed by atoms with van der Waals surface area (Å²) in [6.45, 7) is 2.20. The minimum Gasteiger partial charge on any atom is -0.480 e. The number of halogens is 1. The van der Waals surface area contributed by atoms with Crippen molar-refractivity contribution < 1.29 is 13.9 Å². The SMILES string of the molecule is CCc1c(C(=O)NCc2ccc(-c3ccc(Cl)cc3)o2)cnn1-c1ccc(OC)nn1. The molecular weight excluding hydrogens is 418 g/mol. The number of ether oxygens (including phenoxy) is 1. The largest absolute Gasteiger partial charge is 0.480 e. The summed E-state index contributed by atoms with van der Waals surface area (Å²) in [5.41, 5.74) is 2.12. The fourth-order valence-corrected chi connectivity index (χ4v) is 3.27. The van der Waals surface area contributed by atoms with Gasteiger partial charge in [0, 0.05) is 16.7 Å². The number of carbonyl (C=O) groups excluding carboxylic acids is 1. The van der Waals surface area contributed by atoms with E-state index >= 15 is 0 Å². The molecule has 1 amide bonds. The standard InChI is InChI=1S/C22H20ClN5O3/c1-3-18-17(13-25-28(18)20-10-11-21(30-2)27-26-20)22(29)24-12-16-8-9-19(31-16)14-4-6-15(23)7-5-14/h4-11,13H,3,12H2,1-2H3,(H,24,29). The summed E-state index contributed by atoms with van der Waals surface area (Å²) in [5, 5.41) is 15.9. The summed E-state index contributed by atoms with van der Waals surface area (Å²) in [4.78, 5) is 12.8. The smallest absolute Gasteiger partial charge is 0.255 e. The van der Waals surface area contributed by atoms with Crippen molar-refractivity contribution in [3.63, 3.8) is 0 Å². The molecule has 1 N–H and O–H groups in total. The lowest BCUT2D eigenvalue weighted by atomic mass is 10.2. The van der Waals surface area contributed by atoms with Crippen LogP contribution >= 0.6 is 11.6 Å². The maximum Gasteiger partial charge on any atom is 0.255 e. The van der Waals surface area contributed by atoms with E-state index in [2.05, 4.69) is 20.6 Å². The van der Waals surface area contributed by atoms with Gasteiger partial charge in [-0.15, -0.1) is 10.2 Å². The molecule has 3 heterocycles. The number of hydrogen-bond acceptors (Lipinski definition) is 6. The Kier molecular flexibility index (Phi) is 5.99. The van der Waals surface area contributed by atoms with Crippen molar-refractivity contribution in [2.75, 3.05) is 7.11 Å². The molecule has 31 heavy (non-hydrogen) atoms.